The predicted octanol–water partition coefficient (Wildman–Crippen LogP) is 2.38. The molecule has 1 atom stereocenters. The van der Waals surface area contributed by atoms with Crippen molar-refractivity contribution in [3.05, 3.63) is 52.9 Å². The number of rotatable bonds is 4. The van der Waals surface area contributed by atoms with Gasteiger partial charge in [-0.3, -0.25) is 0 Å². The van der Waals surface area contributed by atoms with Crippen LogP contribution >= 0.6 is 11.6 Å². The third-order valence-electron chi connectivity index (χ3n) is 2.65. The van der Waals surface area contributed by atoms with Gasteiger partial charge in [-0.1, -0.05) is 29.8 Å². The lowest BCUT2D eigenvalue weighted by Gasteiger charge is -2.12. The second kappa shape index (κ2) is 5.80. The fraction of sp³-hybridized carbons (Fsp3) is 0.231. The van der Waals surface area contributed by atoms with E-state index in [1.165, 1.54) is 6.33 Å². The van der Waals surface area contributed by atoms with Crippen molar-refractivity contribution in [2.75, 3.05) is 7.11 Å². The molecule has 18 heavy (non-hydrogen) atoms. The minimum Gasteiger partial charge on any atom is -0.481 e. The monoisotopic (exact) mass is 263 g/mol. The van der Waals surface area contributed by atoms with Crippen LogP contribution in [-0.4, -0.2) is 17.1 Å². The molecule has 1 aromatic heterocycles. The third-order valence-corrected chi connectivity index (χ3v) is 3.02. The summed E-state index contributed by atoms with van der Waals surface area (Å²) in [6.45, 7) is 0. The molecule has 1 aromatic carbocycles. The van der Waals surface area contributed by atoms with Crippen molar-refractivity contribution >= 4 is 11.6 Å². The fourth-order valence-corrected chi connectivity index (χ4v) is 1.89. The van der Waals surface area contributed by atoms with Gasteiger partial charge < -0.3 is 10.5 Å². The Morgan fingerprint density at radius 1 is 1.33 bits per heavy atom. The van der Waals surface area contributed by atoms with E-state index in [1.54, 1.807) is 13.2 Å². The summed E-state index contributed by atoms with van der Waals surface area (Å²) < 4.78 is 5.05. The maximum atomic E-state index is 6.12. The van der Waals surface area contributed by atoms with Crippen LogP contribution in [0.2, 0.25) is 5.02 Å². The molecule has 2 N–H and O–H groups in total. The molecule has 0 radical (unpaired) electrons. The highest BCUT2D eigenvalue weighted by molar-refractivity contribution is 6.31. The molecule has 0 aliphatic carbocycles. The van der Waals surface area contributed by atoms with Crippen molar-refractivity contribution in [3.8, 4) is 5.88 Å². The zero-order valence-corrected chi connectivity index (χ0v) is 10.8. The van der Waals surface area contributed by atoms with Crippen molar-refractivity contribution in [2.45, 2.75) is 12.5 Å². The number of benzene rings is 1. The standard InChI is InChI=1S/C13H14ClN3O/c1-18-13-7-12(16-8-17-13)11(15)6-9-4-2-3-5-10(9)14/h2-5,7-8,11H,6,15H2,1H3. The molecule has 0 aliphatic rings. The highest BCUT2D eigenvalue weighted by atomic mass is 35.5. The number of hydrogen-bond acceptors (Lipinski definition) is 4. The first kappa shape index (κ1) is 12.8. The van der Waals surface area contributed by atoms with Gasteiger partial charge in [0.05, 0.1) is 18.8 Å². The first-order chi connectivity index (χ1) is 8.70. The van der Waals surface area contributed by atoms with E-state index in [9.17, 15) is 0 Å². The minimum atomic E-state index is -0.234. The van der Waals surface area contributed by atoms with Crippen LogP contribution in [0, 0.1) is 0 Å². The number of hydrogen-bond donors (Lipinski definition) is 1. The van der Waals surface area contributed by atoms with Gasteiger partial charge in [0.25, 0.3) is 0 Å². The van der Waals surface area contributed by atoms with Gasteiger partial charge in [0.2, 0.25) is 5.88 Å². The van der Waals surface area contributed by atoms with Crippen molar-refractivity contribution in [1.82, 2.24) is 9.97 Å². The quantitative estimate of drug-likeness (QED) is 0.920. The van der Waals surface area contributed by atoms with E-state index >= 15 is 0 Å². The minimum absolute atomic E-state index is 0.234. The zero-order valence-electron chi connectivity index (χ0n) is 10.0. The van der Waals surface area contributed by atoms with Crippen molar-refractivity contribution in [1.29, 1.82) is 0 Å². The number of halogens is 1. The number of nitrogens with zero attached hydrogens (tertiary/aromatic N) is 2. The molecule has 1 heterocycles. The van der Waals surface area contributed by atoms with Crippen LogP contribution in [0.15, 0.2) is 36.7 Å². The molecule has 0 saturated heterocycles. The summed E-state index contributed by atoms with van der Waals surface area (Å²) in [4.78, 5) is 8.10. The van der Waals surface area contributed by atoms with E-state index in [2.05, 4.69) is 9.97 Å². The Hall–Kier alpha value is -1.65. The molecule has 0 saturated carbocycles. The average molecular weight is 264 g/mol. The van der Waals surface area contributed by atoms with E-state index in [4.69, 9.17) is 22.1 Å². The maximum absolute atomic E-state index is 6.12. The highest BCUT2D eigenvalue weighted by Crippen LogP contribution is 2.21. The van der Waals surface area contributed by atoms with Gasteiger partial charge in [-0.2, -0.15) is 0 Å². The molecule has 0 bridgehead atoms. The molecule has 0 amide bonds. The molecule has 94 valence electrons. The number of ether oxygens (including phenoxy) is 1. The maximum Gasteiger partial charge on any atom is 0.216 e. The van der Waals surface area contributed by atoms with E-state index < -0.39 is 0 Å². The summed E-state index contributed by atoms with van der Waals surface area (Å²) in [7, 11) is 1.56. The van der Waals surface area contributed by atoms with E-state index in [0.717, 1.165) is 11.3 Å². The highest BCUT2D eigenvalue weighted by Gasteiger charge is 2.11. The van der Waals surface area contributed by atoms with E-state index in [-0.39, 0.29) is 6.04 Å². The van der Waals surface area contributed by atoms with Crippen LogP contribution in [0.3, 0.4) is 0 Å². The Labute approximate surface area is 111 Å². The van der Waals surface area contributed by atoms with E-state index in [0.29, 0.717) is 17.3 Å². The second-order valence-corrected chi connectivity index (χ2v) is 4.29. The van der Waals surface area contributed by atoms with E-state index in [1.807, 2.05) is 24.3 Å². The van der Waals surface area contributed by atoms with Gasteiger partial charge in [0, 0.05) is 11.1 Å². The van der Waals surface area contributed by atoms with Gasteiger partial charge in [0.15, 0.2) is 0 Å². The molecule has 4 nitrogen and oxygen atoms in total. The Balaban J connectivity index is 2.16. The van der Waals surface area contributed by atoms with Gasteiger partial charge in [0.1, 0.15) is 6.33 Å². The predicted molar refractivity (Wildman–Crippen MR) is 70.7 cm³/mol. The number of methoxy groups -OCH3 is 1. The molecule has 2 aromatic rings. The van der Waals surface area contributed by atoms with Crippen LogP contribution in [0.25, 0.3) is 0 Å². The summed E-state index contributed by atoms with van der Waals surface area (Å²) in [5, 5.41) is 0.717. The molecular weight excluding hydrogens is 250 g/mol. The first-order valence-corrected chi connectivity index (χ1v) is 5.93. The van der Waals surface area contributed by atoms with Gasteiger partial charge >= 0.3 is 0 Å². The Morgan fingerprint density at radius 2 is 2.11 bits per heavy atom. The Bertz CT molecular complexity index is 533. The van der Waals surface area contributed by atoms with Gasteiger partial charge in [-0.05, 0) is 18.1 Å². The van der Waals surface area contributed by atoms with Crippen LogP contribution in [0.5, 0.6) is 5.88 Å². The Kier molecular flexibility index (Phi) is 4.12. The first-order valence-electron chi connectivity index (χ1n) is 5.55. The topological polar surface area (TPSA) is 61.0 Å². The summed E-state index contributed by atoms with van der Waals surface area (Å²) >= 11 is 6.10. The number of aromatic nitrogens is 2. The van der Waals surface area contributed by atoms with Crippen LogP contribution in [0.1, 0.15) is 17.3 Å². The molecule has 1 unspecified atom stereocenters. The van der Waals surface area contributed by atoms with Crippen molar-refractivity contribution in [2.24, 2.45) is 5.73 Å². The largest absolute Gasteiger partial charge is 0.481 e. The van der Waals surface area contributed by atoms with Gasteiger partial charge in [-0.15, -0.1) is 0 Å². The lowest BCUT2D eigenvalue weighted by atomic mass is 10.0. The van der Waals surface area contributed by atoms with Crippen LogP contribution < -0.4 is 10.5 Å². The smallest absolute Gasteiger partial charge is 0.216 e. The van der Waals surface area contributed by atoms with Gasteiger partial charge in [-0.25, -0.2) is 9.97 Å². The lowest BCUT2D eigenvalue weighted by Crippen LogP contribution is -2.15. The lowest BCUT2D eigenvalue weighted by molar-refractivity contribution is 0.395. The molecule has 0 spiro atoms. The van der Waals surface area contributed by atoms with Crippen LogP contribution in [-0.2, 0) is 6.42 Å². The molecule has 2 rings (SSSR count). The Morgan fingerprint density at radius 3 is 2.83 bits per heavy atom. The van der Waals surface area contributed by atoms with Crippen LogP contribution in [0.4, 0.5) is 0 Å². The zero-order chi connectivity index (χ0) is 13.0. The average Bonchev–Trinajstić information content (AvgIpc) is 2.41. The second-order valence-electron chi connectivity index (χ2n) is 3.89. The molecule has 0 aliphatic heterocycles. The molecular formula is C13H14ClN3O. The van der Waals surface area contributed by atoms with Crippen molar-refractivity contribution in [3.63, 3.8) is 0 Å². The summed E-state index contributed by atoms with van der Waals surface area (Å²) in [5.41, 5.74) is 7.86. The summed E-state index contributed by atoms with van der Waals surface area (Å²) in [6.07, 6.45) is 2.07. The fourth-order valence-electron chi connectivity index (χ4n) is 1.67. The SMILES string of the molecule is COc1cc(C(N)Cc2ccccc2Cl)ncn1. The number of nitrogens with two attached hydrogens (primary N) is 1. The third kappa shape index (κ3) is 2.97. The normalized spacial score (nSPS) is 12.2. The summed E-state index contributed by atoms with van der Waals surface area (Å²) in [6, 6.07) is 9.15. The molecule has 0 fully saturated rings. The molecule has 5 heteroatoms. The van der Waals surface area contributed by atoms with Crippen molar-refractivity contribution < 1.29 is 4.74 Å². The summed E-state index contributed by atoms with van der Waals surface area (Å²) in [5.74, 6) is 0.509.